The summed E-state index contributed by atoms with van der Waals surface area (Å²) in [7, 11) is 0. The summed E-state index contributed by atoms with van der Waals surface area (Å²) in [5, 5.41) is 0. The van der Waals surface area contributed by atoms with E-state index in [2.05, 4.69) is 0 Å². The molecule has 0 radical (unpaired) electrons. The minimum Gasteiger partial charge on any atom is -0.326 e. The van der Waals surface area contributed by atoms with Crippen molar-refractivity contribution in [2.24, 2.45) is 5.73 Å². The van der Waals surface area contributed by atoms with Gasteiger partial charge in [-0.2, -0.15) is 0 Å². The lowest BCUT2D eigenvalue weighted by molar-refractivity contribution is 0.686. The number of pyridine rings is 1. The normalized spacial score (nSPS) is 10.5. The molecule has 0 aromatic carbocycles. The third kappa shape index (κ3) is 1.65. The molecular formula is C10H16N2O. The zero-order valence-electron chi connectivity index (χ0n) is 8.42. The molecule has 1 aromatic rings. The predicted octanol–water partition coefficient (Wildman–Crippen LogP) is 0.944. The van der Waals surface area contributed by atoms with Gasteiger partial charge < -0.3 is 10.3 Å². The molecule has 3 heteroatoms. The minimum absolute atomic E-state index is 0.0579. The molecule has 0 amide bonds. The van der Waals surface area contributed by atoms with Gasteiger partial charge in [0.05, 0.1) is 0 Å². The Morgan fingerprint density at radius 3 is 2.54 bits per heavy atom. The van der Waals surface area contributed by atoms with E-state index in [4.69, 9.17) is 5.73 Å². The molecule has 0 aliphatic heterocycles. The Kier molecular flexibility index (Phi) is 2.88. The number of nitrogens with two attached hydrogens (primary N) is 1. The van der Waals surface area contributed by atoms with Crippen LogP contribution in [0, 0.1) is 13.8 Å². The number of hydrogen-bond donors (Lipinski definition) is 1. The van der Waals surface area contributed by atoms with E-state index >= 15 is 0 Å². The first-order chi connectivity index (χ1) is 6.11. The Morgan fingerprint density at radius 1 is 1.46 bits per heavy atom. The highest BCUT2D eigenvalue weighted by atomic mass is 16.1. The molecule has 1 heterocycles. The summed E-state index contributed by atoms with van der Waals surface area (Å²) in [6.45, 7) is 6.86. The first-order valence-corrected chi connectivity index (χ1v) is 4.51. The van der Waals surface area contributed by atoms with Crippen LogP contribution in [0.2, 0.25) is 0 Å². The van der Waals surface area contributed by atoms with Crippen LogP contribution in [0.4, 0.5) is 0 Å². The molecule has 1 aromatic heterocycles. The molecule has 0 aliphatic rings. The van der Waals surface area contributed by atoms with Gasteiger partial charge >= 0.3 is 0 Å². The highest BCUT2D eigenvalue weighted by Crippen LogP contribution is 2.05. The Hall–Kier alpha value is -1.09. The second kappa shape index (κ2) is 3.75. The highest BCUT2D eigenvalue weighted by Gasteiger charge is 2.06. The van der Waals surface area contributed by atoms with E-state index in [1.807, 2.05) is 26.8 Å². The lowest BCUT2D eigenvalue weighted by Crippen LogP contribution is -2.27. The maximum Gasteiger partial charge on any atom is 0.255 e. The fourth-order valence-electron chi connectivity index (χ4n) is 1.61. The fourth-order valence-corrected chi connectivity index (χ4v) is 1.61. The first kappa shape index (κ1) is 9.99. The molecular weight excluding hydrogens is 164 g/mol. The first-order valence-electron chi connectivity index (χ1n) is 4.51. The van der Waals surface area contributed by atoms with Crippen molar-refractivity contribution in [3.05, 3.63) is 33.2 Å². The van der Waals surface area contributed by atoms with E-state index in [9.17, 15) is 4.79 Å². The van der Waals surface area contributed by atoms with Gasteiger partial charge in [0.2, 0.25) is 0 Å². The molecule has 1 rings (SSSR count). The summed E-state index contributed by atoms with van der Waals surface area (Å²) < 4.78 is 1.75. The van der Waals surface area contributed by atoms with Crippen LogP contribution in [-0.4, -0.2) is 4.57 Å². The molecule has 0 fully saturated rings. The van der Waals surface area contributed by atoms with Crippen molar-refractivity contribution in [1.82, 2.24) is 4.57 Å². The molecule has 0 bridgehead atoms. The molecule has 72 valence electrons. The Bertz CT molecular complexity index is 335. The van der Waals surface area contributed by atoms with Crippen LogP contribution in [0.25, 0.3) is 0 Å². The number of nitrogens with zero attached hydrogens (tertiary/aromatic N) is 1. The van der Waals surface area contributed by atoms with Gasteiger partial charge in [0.15, 0.2) is 0 Å². The quantitative estimate of drug-likeness (QED) is 0.736. The standard InChI is InChI=1S/C10H16N2O/c1-4-12-8(3)5-7(2)9(6-11)10(12)13/h5H,4,6,11H2,1-3H3. The van der Waals surface area contributed by atoms with Crippen molar-refractivity contribution in [2.75, 3.05) is 0 Å². The Balaban J connectivity index is 3.49. The highest BCUT2D eigenvalue weighted by molar-refractivity contribution is 5.25. The van der Waals surface area contributed by atoms with E-state index < -0.39 is 0 Å². The van der Waals surface area contributed by atoms with Crippen LogP contribution >= 0.6 is 0 Å². The molecule has 0 spiro atoms. The largest absolute Gasteiger partial charge is 0.326 e. The summed E-state index contributed by atoms with van der Waals surface area (Å²) in [4.78, 5) is 11.8. The maximum absolute atomic E-state index is 11.8. The Morgan fingerprint density at radius 2 is 2.08 bits per heavy atom. The van der Waals surface area contributed by atoms with Crippen LogP contribution in [-0.2, 0) is 13.1 Å². The monoisotopic (exact) mass is 180 g/mol. The van der Waals surface area contributed by atoms with Gasteiger partial charge in [-0.25, -0.2) is 0 Å². The summed E-state index contributed by atoms with van der Waals surface area (Å²) in [5.41, 5.74) is 8.30. The SMILES string of the molecule is CCn1c(C)cc(C)c(CN)c1=O. The van der Waals surface area contributed by atoms with Crippen molar-refractivity contribution >= 4 is 0 Å². The zero-order valence-corrected chi connectivity index (χ0v) is 8.42. The summed E-state index contributed by atoms with van der Waals surface area (Å²) in [6, 6.07) is 2.01. The van der Waals surface area contributed by atoms with Gasteiger partial charge in [-0.05, 0) is 32.4 Å². The van der Waals surface area contributed by atoms with E-state index in [1.165, 1.54) is 0 Å². The summed E-state index contributed by atoms with van der Waals surface area (Å²) in [6.07, 6.45) is 0. The second-order valence-electron chi connectivity index (χ2n) is 3.20. The lowest BCUT2D eigenvalue weighted by Gasteiger charge is -2.11. The molecule has 0 unspecified atom stereocenters. The van der Waals surface area contributed by atoms with Gasteiger partial charge in [0.1, 0.15) is 0 Å². The molecule has 0 saturated carbocycles. The van der Waals surface area contributed by atoms with Gasteiger partial charge in [0, 0.05) is 24.3 Å². The van der Waals surface area contributed by atoms with Crippen LogP contribution in [0.5, 0.6) is 0 Å². The number of hydrogen-bond acceptors (Lipinski definition) is 2. The van der Waals surface area contributed by atoms with Crippen LogP contribution in [0.15, 0.2) is 10.9 Å². The Labute approximate surface area is 78.2 Å². The minimum atomic E-state index is 0.0579. The molecule has 0 atom stereocenters. The zero-order chi connectivity index (χ0) is 10.0. The van der Waals surface area contributed by atoms with E-state index in [-0.39, 0.29) is 5.56 Å². The van der Waals surface area contributed by atoms with E-state index in [1.54, 1.807) is 4.57 Å². The van der Waals surface area contributed by atoms with Crippen LogP contribution in [0.3, 0.4) is 0 Å². The lowest BCUT2D eigenvalue weighted by atomic mass is 10.1. The van der Waals surface area contributed by atoms with Crippen molar-refractivity contribution in [3.8, 4) is 0 Å². The van der Waals surface area contributed by atoms with Crippen molar-refractivity contribution in [3.63, 3.8) is 0 Å². The number of aryl methyl sites for hydroxylation is 2. The summed E-state index contributed by atoms with van der Waals surface area (Å²) >= 11 is 0. The molecule has 0 saturated heterocycles. The number of aromatic nitrogens is 1. The molecule has 3 nitrogen and oxygen atoms in total. The smallest absolute Gasteiger partial charge is 0.255 e. The third-order valence-corrected chi connectivity index (χ3v) is 2.35. The van der Waals surface area contributed by atoms with Crippen LogP contribution < -0.4 is 11.3 Å². The topological polar surface area (TPSA) is 48.0 Å². The van der Waals surface area contributed by atoms with Gasteiger partial charge in [0.25, 0.3) is 5.56 Å². The fraction of sp³-hybridized carbons (Fsp3) is 0.500. The average molecular weight is 180 g/mol. The van der Waals surface area contributed by atoms with Crippen molar-refractivity contribution < 1.29 is 0 Å². The van der Waals surface area contributed by atoms with E-state index in [0.717, 1.165) is 16.8 Å². The molecule has 0 aliphatic carbocycles. The molecule has 2 N–H and O–H groups in total. The third-order valence-electron chi connectivity index (χ3n) is 2.35. The van der Waals surface area contributed by atoms with E-state index in [0.29, 0.717) is 13.1 Å². The number of rotatable bonds is 2. The van der Waals surface area contributed by atoms with Gasteiger partial charge in [-0.15, -0.1) is 0 Å². The average Bonchev–Trinajstić information content (AvgIpc) is 2.04. The second-order valence-corrected chi connectivity index (χ2v) is 3.20. The van der Waals surface area contributed by atoms with Crippen molar-refractivity contribution in [2.45, 2.75) is 33.9 Å². The summed E-state index contributed by atoms with van der Waals surface area (Å²) in [5.74, 6) is 0. The predicted molar refractivity (Wildman–Crippen MR) is 53.7 cm³/mol. The molecule has 13 heavy (non-hydrogen) atoms. The van der Waals surface area contributed by atoms with Gasteiger partial charge in [-0.1, -0.05) is 0 Å². The van der Waals surface area contributed by atoms with Crippen molar-refractivity contribution in [1.29, 1.82) is 0 Å². The van der Waals surface area contributed by atoms with Crippen LogP contribution in [0.1, 0.15) is 23.7 Å². The maximum atomic E-state index is 11.8. The van der Waals surface area contributed by atoms with Gasteiger partial charge in [-0.3, -0.25) is 4.79 Å².